The van der Waals surface area contributed by atoms with Crippen molar-refractivity contribution < 1.29 is 13.2 Å². The zero-order valence-corrected chi connectivity index (χ0v) is 11.1. The summed E-state index contributed by atoms with van der Waals surface area (Å²) in [5.41, 5.74) is -0.709. The maximum absolute atomic E-state index is 12.9. The molecule has 0 amide bonds. The van der Waals surface area contributed by atoms with Crippen LogP contribution in [0.2, 0.25) is 0 Å². The van der Waals surface area contributed by atoms with Crippen LogP contribution in [0.15, 0.2) is 36.4 Å². The fourth-order valence-electron chi connectivity index (χ4n) is 1.61. The van der Waals surface area contributed by atoms with E-state index in [2.05, 4.69) is 21.0 Å². The molecule has 0 spiro atoms. The Hall–Kier alpha value is -1.83. The van der Waals surface area contributed by atoms with Gasteiger partial charge in [-0.2, -0.15) is 0 Å². The molecular formula is C13H6F3N2Se. The number of rotatable bonds is 1. The van der Waals surface area contributed by atoms with Crippen LogP contribution >= 0.6 is 0 Å². The molecule has 1 aromatic heterocycles. The molecule has 2 aromatic rings. The van der Waals surface area contributed by atoms with Crippen molar-refractivity contribution >= 4 is 20.6 Å². The van der Waals surface area contributed by atoms with Crippen molar-refractivity contribution in [1.29, 1.82) is 5.26 Å². The monoisotopic (exact) mass is 327 g/mol. The normalized spacial score (nSPS) is 11.1. The molecule has 0 unspecified atom stereocenters. The van der Waals surface area contributed by atoms with E-state index in [0.717, 1.165) is 6.07 Å². The van der Waals surface area contributed by atoms with Crippen molar-refractivity contribution in [2.45, 2.75) is 6.18 Å². The van der Waals surface area contributed by atoms with Gasteiger partial charge in [-0.25, -0.2) is 0 Å². The summed E-state index contributed by atoms with van der Waals surface area (Å²) in [4.78, 5) is 4.01. The molecule has 0 aliphatic rings. The van der Waals surface area contributed by atoms with E-state index < -0.39 is 17.3 Å². The summed E-state index contributed by atoms with van der Waals surface area (Å²) in [6, 6.07) is 10.9. The molecular weight excluding hydrogens is 320 g/mol. The summed E-state index contributed by atoms with van der Waals surface area (Å²) in [5.74, 6) is 0. The minimum absolute atomic E-state index is 0.0452. The molecule has 0 atom stereocenters. The Morgan fingerprint density at radius 3 is 2.32 bits per heavy atom. The van der Waals surface area contributed by atoms with Crippen LogP contribution < -0.4 is 4.59 Å². The Kier molecular flexibility index (Phi) is 3.61. The quantitative estimate of drug-likeness (QED) is 0.755. The Morgan fingerprint density at radius 2 is 1.79 bits per heavy atom. The molecule has 0 bridgehead atoms. The summed E-state index contributed by atoms with van der Waals surface area (Å²) in [7, 11) is 0. The van der Waals surface area contributed by atoms with Gasteiger partial charge in [0.2, 0.25) is 0 Å². The van der Waals surface area contributed by atoms with Crippen molar-refractivity contribution in [2.75, 3.05) is 0 Å². The van der Waals surface area contributed by atoms with Gasteiger partial charge in [-0.1, -0.05) is 0 Å². The number of hydrogen-bond acceptors (Lipinski definition) is 2. The van der Waals surface area contributed by atoms with Crippen molar-refractivity contribution in [1.82, 2.24) is 4.98 Å². The van der Waals surface area contributed by atoms with Gasteiger partial charge in [0.15, 0.2) is 0 Å². The summed E-state index contributed by atoms with van der Waals surface area (Å²) in [5, 5.41) is 8.81. The van der Waals surface area contributed by atoms with Crippen molar-refractivity contribution in [3.63, 3.8) is 0 Å². The van der Waals surface area contributed by atoms with E-state index in [9.17, 15) is 13.2 Å². The van der Waals surface area contributed by atoms with Crippen LogP contribution in [0.1, 0.15) is 11.1 Å². The zero-order chi connectivity index (χ0) is 14.0. The van der Waals surface area contributed by atoms with E-state index in [4.69, 9.17) is 5.26 Å². The van der Waals surface area contributed by atoms with E-state index in [1.807, 2.05) is 0 Å². The van der Waals surface area contributed by atoms with Crippen molar-refractivity contribution in [2.24, 2.45) is 0 Å². The molecule has 0 saturated carbocycles. The van der Waals surface area contributed by atoms with Crippen LogP contribution in [0.4, 0.5) is 13.2 Å². The van der Waals surface area contributed by atoms with E-state index in [1.54, 1.807) is 30.3 Å². The number of pyridine rings is 1. The molecule has 1 aromatic carbocycles. The third-order valence-electron chi connectivity index (χ3n) is 2.47. The molecule has 19 heavy (non-hydrogen) atoms. The topological polar surface area (TPSA) is 36.7 Å². The van der Waals surface area contributed by atoms with Crippen molar-refractivity contribution in [3.05, 3.63) is 47.5 Å². The summed E-state index contributed by atoms with van der Waals surface area (Å²) in [6.45, 7) is 0. The van der Waals surface area contributed by atoms with Crippen molar-refractivity contribution in [3.8, 4) is 17.3 Å². The fraction of sp³-hybridized carbons (Fsp3) is 0.0769. The third kappa shape index (κ3) is 2.78. The predicted octanol–water partition coefficient (Wildman–Crippen LogP) is 2.43. The average Bonchev–Trinajstić information content (AvgIpc) is 2.37. The van der Waals surface area contributed by atoms with Crippen LogP contribution in [-0.2, 0) is 6.18 Å². The Morgan fingerprint density at radius 1 is 1.16 bits per heavy atom. The van der Waals surface area contributed by atoms with Gasteiger partial charge in [0.1, 0.15) is 0 Å². The average molecular weight is 326 g/mol. The van der Waals surface area contributed by atoms with E-state index in [-0.39, 0.29) is 10.3 Å². The first-order valence-corrected chi connectivity index (χ1v) is 6.04. The first kappa shape index (κ1) is 13.6. The molecule has 1 radical (unpaired) electrons. The Balaban J connectivity index is 2.69. The molecule has 0 N–H and O–H groups in total. The van der Waals surface area contributed by atoms with Gasteiger partial charge in [-0.15, -0.1) is 0 Å². The SMILES string of the molecule is N#Cc1c(C(F)(F)F)cc(-c2ccccc2)nc1[Se]. The van der Waals surface area contributed by atoms with Gasteiger partial charge in [-0.3, -0.25) is 0 Å². The maximum atomic E-state index is 12.9. The van der Waals surface area contributed by atoms with Gasteiger partial charge < -0.3 is 0 Å². The Labute approximate surface area is 115 Å². The predicted molar refractivity (Wildman–Crippen MR) is 64.8 cm³/mol. The summed E-state index contributed by atoms with van der Waals surface area (Å²) in [6.07, 6.45) is -4.59. The number of nitriles is 1. The molecule has 0 fully saturated rings. The summed E-state index contributed by atoms with van der Waals surface area (Å²) < 4.78 is 38.7. The first-order chi connectivity index (χ1) is 8.93. The number of halogens is 3. The number of aromatic nitrogens is 1. The standard InChI is InChI=1S/C13H6F3N2Se/c14-13(15,16)10-6-11(8-4-2-1-3-5-8)18-12(19)9(10)7-17/h1-6H. The summed E-state index contributed by atoms with van der Waals surface area (Å²) >= 11 is 2.41. The van der Waals surface area contributed by atoms with Gasteiger partial charge in [-0.05, 0) is 0 Å². The van der Waals surface area contributed by atoms with Gasteiger partial charge in [0.05, 0.1) is 0 Å². The Bertz CT molecular complexity index is 645. The number of hydrogen-bond donors (Lipinski definition) is 0. The van der Waals surface area contributed by atoms with E-state index >= 15 is 0 Å². The molecule has 6 heteroatoms. The van der Waals surface area contributed by atoms with Crippen LogP contribution in [0.25, 0.3) is 11.3 Å². The fourth-order valence-corrected chi connectivity index (χ4v) is 2.14. The second-order valence-corrected chi connectivity index (χ2v) is 4.52. The number of alkyl halides is 3. The van der Waals surface area contributed by atoms with E-state index in [1.165, 1.54) is 6.07 Å². The van der Waals surface area contributed by atoms with Crippen LogP contribution in [0, 0.1) is 11.3 Å². The van der Waals surface area contributed by atoms with Gasteiger partial charge in [0, 0.05) is 0 Å². The molecule has 95 valence electrons. The minimum atomic E-state index is -4.59. The van der Waals surface area contributed by atoms with Crippen LogP contribution in [0.3, 0.4) is 0 Å². The molecule has 0 aliphatic carbocycles. The molecule has 0 saturated heterocycles. The number of nitrogens with zero attached hydrogens (tertiary/aromatic N) is 2. The molecule has 1 heterocycles. The van der Waals surface area contributed by atoms with Crippen LogP contribution in [0.5, 0.6) is 0 Å². The van der Waals surface area contributed by atoms with Gasteiger partial charge in [0.25, 0.3) is 0 Å². The molecule has 2 rings (SSSR count). The second kappa shape index (κ2) is 5.04. The van der Waals surface area contributed by atoms with Crippen LogP contribution in [-0.4, -0.2) is 21.0 Å². The second-order valence-electron chi connectivity index (χ2n) is 3.71. The number of benzene rings is 1. The molecule has 0 aliphatic heterocycles. The first-order valence-electron chi connectivity index (χ1n) is 5.18. The van der Waals surface area contributed by atoms with E-state index in [0.29, 0.717) is 5.56 Å². The third-order valence-corrected chi connectivity index (χ3v) is 3.09. The zero-order valence-electron chi connectivity index (χ0n) is 9.40. The van der Waals surface area contributed by atoms with Gasteiger partial charge >= 0.3 is 115 Å². The molecule has 2 nitrogen and oxygen atoms in total.